The Balaban J connectivity index is 1.86. The molecule has 0 fully saturated rings. The first-order valence-corrected chi connectivity index (χ1v) is 7.83. The molecule has 25 heavy (non-hydrogen) atoms. The van der Waals surface area contributed by atoms with Crippen LogP contribution < -0.4 is 5.32 Å². The molecule has 8 heteroatoms. The molecule has 0 aliphatic rings. The number of esters is 1. The van der Waals surface area contributed by atoms with Gasteiger partial charge >= 0.3 is 5.97 Å². The van der Waals surface area contributed by atoms with Crippen molar-refractivity contribution in [3.05, 3.63) is 63.5 Å². The molecule has 2 rings (SSSR count). The van der Waals surface area contributed by atoms with E-state index in [1.165, 1.54) is 36.5 Å². The second-order valence-electron chi connectivity index (χ2n) is 4.93. The van der Waals surface area contributed by atoms with Crippen molar-refractivity contribution in [2.75, 3.05) is 11.9 Å². The molecule has 1 N–H and O–H groups in total. The third-order valence-corrected chi connectivity index (χ3v) is 3.93. The minimum absolute atomic E-state index is 0.131. The Morgan fingerprint density at radius 1 is 1.28 bits per heavy atom. The highest BCUT2D eigenvalue weighted by Gasteiger charge is 2.12. The molecule has 1 heterocycles. The quantitative estimate of drug-likeness (QED) is 0.625. The van der Waals surface area contributed by atoms with Crippen molar-refractivity contribution in [2.24, 2.45) is 0 Å². The number of anilines is 1. The number of carbonyl (C=O) groups is 2. The summed E-state index contributed by atoms with van der Waals surface area (Å²) in [6.07, 6.45) is 3.94. The molecule has 0 saturated heterocycles. The highest BCUT2D eigenvalue weighted by atomic mass is 35.5. The number of ether oxygens (including phenoxy) is 1. The monoisotopic (exact) mass is 382 g/mol. The van der Waals surface area contributed by atoms with E-state index in [9.17, 15) is 14.0 Å². The Kier molecular flexibility index (Phi) is 6.50. The van der Waals surface area contributed by atoms with E-state index in [2.05, 4.69) is 10.3 Å². The lowest BCUT2D eigenvalue weighted by atomic mass is 10.2. The lowest BCUT2D eigenvalue weighted by molar-refractivity contribution is -0.142. The summed E-state index contributed by atoms with van der Waals surface area (Å²) < 4.78 is 17.6. The van der Waals surface area contributed by atoms with Gasteiger partial charge in [0.2, 0.25) is 0 Å². The predicted molar refractivity (Wildman–Crippen MR) is 94.0 cm³/mol. The summed E-state index contributed by atoms with van der Waals surface area (Å²) in [4.78, 5) is 27.3. The van der Waals surface area contributed by atoms with Gasteiger partial charge < -0.3 is 10.1 Å². The van der Waals surface area contributed by atoms with Gasteiger partial charge in [-0.2, -0.15) is 0 Å². The number of hydrogen-bond acceptors (Lipinski definition) is 4. The van der Waals surface area contributed by atoms with Crippen molar-refractivity contribution in [1.82, 2.24) is 4.98 Å². The average Bonchev–Trinajstić information content (AvgIpc) is 2.60. The largest absolute Gasteiger partial charge is 0.452 e. The maximum Gasteiger partial charge on any atom is 0.331 e. The molecule has 0 aliphatic heterocycles. The molecule has 1 aromatic heterocycles. The second-order valence-corrected chi connectivity index (χ2v) is 5.72. The van der Waals surface area contributed by atoms with E-state index in [0.29, 0.717) is 16.1 Å². The van der Waals surface area contributed by atoms with Crippen LogP contribution in [0, 0.1) is 12.7 Å². The third-order valence-electron chi connectivity index (χ3n) is 3.09. The Morgan fingerprint density at radius 3 is 2.64 bits per heavy atom. The van der Waals surface area contributed by atoms with Crippen LogP contribution in [0.4, 0.5) is 10.2 Å². The fourth-order valence-corrected chi connectivity index (χ4v) is 2.12. The van der Waals surface area contributed by atoms with Crippen molar-refractivity contribution >= 4 is 47.0 Å². The van der Waals surface area contributed by atoms with Crippen molar-refractivity contribution in [2.45, 2.75) is 6.92 Å². The van der Waals surface area contributed by atoms with E-state index >= 15 is 0 Å². The van der Waals surface area contributed by atoms with Crippen molar-refractivity contribution in [3.8, 4) is 0 Å². The maximum absolute atomic E-state index is 12.8. The number of halogens is 3. The molecule has 0 radical (unpaired) electrons. The van der Waals surface area contributed by atoms with E-state index in [1.54, 1.807) is 6.92 Å². The van der Waals surface area contributed by atoms with E-state index in [4.69, 9.17) is 27.9 Å². The minimum atomic E-state index is -0.717. The molecule has 0 spiro atoms. The predicted octanol–water partition coefficient (Wildman–Crippen LogP) is 4.03. The van der Waals surface area contributed by atoms with Crippen molar-refractivity contribution in [1.29, 1.82) is 0 Å². The summed E-state index contributed by atoms with van der Waals surface area (Å²) in [6.45, 7) is 1.18. The number of benzene rings is 1. The molecule has 130 valence electrons. The minimum Gasteiger partial charge on any atom is -0.452 e. The van der Waals surface area contributed by atoms with Gasteiger partial charge in [-0.3, -0.25) is 4.79 Å². The number of amides is 1. The van der Waals surface area contributed by atoms with E-state index in [0.717, 1.165) is 6.08 Å². The highest BCUT2D eigenvalue weighted by molar-refractivity contribution is 6.37. The summed E-state index contributed by atoms with van der Waals surface area (Å²) in [5, 5.41) is 3.02. The van der Waals surface area contributed by atoms with E-state index in [-0.39, 0.29) is 16.7 Å². The Bertz CT molecular complexity index is 823. The Hall–Kier alpha value is -2.44. The third kappa shape index (κ3) is 5.55. The van der Waals surface area contributed by atoms with Crippen LogP contribution >= 0.6 is 23.2 Å². The molecule has 1 amide bonds. The zero-order valence-corrected chi connectivity index (χ0v) is 14.6. The molecule has 0 atom stereocenters. The maximum atomic E-state index is 12.8. The standard InChI is InChI=1S/C17H13Cl2FN2O3/c1-10-13(18)8-21-17(16(10)19)22-14(23)9-25-15(24)7-4-11-2-5-12(20)6-3-11/h2-8H,9H2,1H3,(H,21,22,23). The summed E-state index contributed by atoms with van der Waals surface area (Å²) in [7, 11) is 0. The van der Waals surface area contributed by atoms with Crippen molar-refractivity contribution in [3.63, 3.8) is 0 Å². The first kappa shape index (κ1) is 18.9. The summed E-state index contributed by atoms with van der Waals surface area (Å²) in [6, 6.07) is 5.54. The van der Waals surface area contributed by atoms with Gasteiger partial charge in [0, 0.05) is 12.3 Å². The summed E-state index contributed by atoms with van der Waals surface area (Å²) >= 11 is 11.9. The van der Waals surface area contributed by atoms with Crippen LogP contribution in [0.1, 0.15) is 11.1 Å². The highest BCUT2D eigenvalue weighted by Crippen LogP contribution is 2.28. The zero-order valence-electron chi connectivity index (χ0n) is 13.1. The lowest BCUT2D eigenvalue weighted by Gasteiger charge is -2.09. The van der Waals surface area contributed by atoms with Crippen LogP contribution in [0.25, 0.3) is 6.08 Å². The van der Waals surface area contributed by atoms with Crippen LogP contribution in [0.2, 0.25) is 10.0 Å². The van der Waals surface area contributed by atoms with Gasteiger partial charge in [0.15, 0.2) is 12.4 Å². The molecule has 0 bridgehead atoms. The molecular weight excluding hydrogens is 370 g/mol. The van der Waals surface area contributed by atoms with Crippen LogP contribution in [0.3, 0.4) is 0 Å². The van der Waals surface area contributed by atoms with E-state index < -0.39 is 18.5 Å². The number of nitrogens with zero attached hydrogens (tertiary/aromatic N) is 1. The number of hydrogen-bond donors (Lipinski definition) is 1. The Labute approximate surface area is 153 Å². The van der Waals surface area contributed by atoms with Crippen LogP contribution in [0.15, 0.2) is 36.5 Å². The van der Waals surface area contributed by atoms with Gasteiger partial charge in [0.05, 0.1) is 10.0 Å². The van der Waals surface area contributed by atoms with Crippen LogP contribution in [-0.4, -0.2) is 23.5 Å². The first-order valence-electron chi connectivity index (χ1n) is 7.07. The number of pyridine rings is 1. The van der Waals surface area contributed by atoms with Gasteiger partial charge in [-0.1, -0.05) is 35.3 Å². The number of aromatic nitrogens is 1. The van der Waals surface area contributed by atoms with E-state index in [1.807, 2.05) is 0 Å². The van der Waals surface area contributed by atoms with Gasteiger partial charge in [-0.25, -0.2) is 14.2 Å². The summed E-state index contributed by atoms with van der Waals surface area (Å²) in [5.41, 5.74) is 1.20. The molecule has 5 nitrogen and oxygen atoms in total. The van der Waals surface area contributed by atoms with Gasteiger partial charge in [0.1, 0.15) is 5.82 Å². The first-order chi connectivity index (χ1) is 11.9. The van der Waals surface area contributed by atoms with Gasteiger partial charge in [0.25, 0.3) is 5.91 Å². The van der Waals surface area contributed by atoms with Gasteiger partial charge in [-0.15, -0.1) is 0 Å². The van der Waals surface area contributed by atoms with Gasteiger partial charge in [-0.05, 0) is 36.3 Å². The molecule has 1 aromatic carbocycles. The normalized spacial score (nSPS) is 10.7. The fraction of sp³-hybridized carbons (Fsp3) is 0.118. The second kappa shape index (κ2) is 8.60. The molecule has 0 unspecified atom stereocenters. The molecule has 2 aromatic rings. The topological polar surface area (TPSA) is 68.3 Å². The Morgan fingerprint density at radius 2 is 1.96 bits per heavy atom. The average molecular weight is 383 g/mol. The zero-order chi connectivity index (χ0) is 18.4. The number of nitrogens with one attached hydrogen (secondary N) is 1. The van der Waals surface area contributed by atoms with Crippen molar-refractivity contribution < 1.29 is 18.7 Å². The fourth-order valence-electron chi connectivity index (χ4n) is 1.74. The molecular formula is C17H13Cl2FN2O3. The lowest BCUT2D eigenvalue weighted by Crippen LogP contribution is -2.21. The number of carbonyl (C=O) groups excluding carboxylic acids is 2. The van der Waals surface area contributed by atoms with Crippen LogP contribution in [-0.2, 0) is 14.3 Å². The SMILES string of the molecule is Cc1c(Cl)cnc(NC(=O)COC(=O)C=Cc2ccc(F)cc2)c1Cl. The number of rotatable bonds is 5. The molecule has 0 saturated carbocycles. The van der Waals surface area contributed by atoms with Crippen LogP contribution in [0.5, 0.6) is 0 Å². The smallest absolute Gasteiger partial charge is 0.331 e. The summed E-state index contributed by atoms with van der Waals surface area (Å²) in [5.74, 6) is -1.56. The molecule has 0 aliphatic carbocycles.